The second-order valence-electron chi connectivity index (χ2n) is 4.11. The van der Waals surface area contributed by atoms with Crippen molar-refractivity contribution in [2.45, 2.75) is 0 Å². The van der Waals surface area contributed by atoms with Crippen molar-refractivity contribution >= 4 is 50.9 Å². The molecule has 0 spiro atoms. The fourth-order valence-corrected chi connectivity index (χ4v) is 3.53. The van der Waals surface area contributed by atoms with Crippen LogP contribution in [0.3, 0.4) is 0 Å². The molecule has 0 N–H and O–H groups in total. The van der Waals surface area contributed by atoms with Crippen LogP contribution in [-0.2, 0) is 10.8 Å². The molecular formula is C12H13ClINO3S. The predicted molar refractivity (Wildman–Crippen MR) is 84.5 cm³/mol. The Morgan fingerprint density at radius 3 is 2.63 bits per heavy atom. The summed E-state index contributed by atoms with van der Waals surface area (Å²) in [6.07, 6.45) is 0. The SMILES string of the molecule is COc1cc(I)c(Cl)cc1C(=O)N1CCS(=O)CC1. The Morgan fingerprint density at radius 1 is 1.42 bits per heavy atom. The van der Waals surface area contributed by atoms with Gasteiger partial charge in [-0.05, 0) is 34.7 Å². The number of rotatable bonds is 2. The molecule has 1 fully saturated rings. The zero-order valence-corrected chi connectivity index (χ0v) is 14.0. The topological polar surface area (TPSA) is 46.6 Å². The molecule has 1 aliphatic rings. The maximum absolute atomic E-state index is 12.4. The van der Waals surface area contributed by atoms with Gasteiger partial charge in [0.2, 0.25) is 0 Å². The Balaban J connectivity index is 2.28. The van der Waals surface area contributed by atoms with Crippen LogP contribution in [0.5, 0.6) is 5.75 Å². The molecule has 2 rings (SSSR count). The highest BCUT2D eigenvalue weighted by atomic mass is 127. The molecule has 1 amide bonds. The lowest BCUT2D eigenvalue weighted by atomic mass is 10.1. The number of amides is 1. The minimum absolute atomic E-state index is 0.119. The molecule has 1 aromatic rings. The Kier molecular flexibility index (Phi) is 5.08. The van der Waals surface area contributed by atoms with E-state index in [1.165, 1.54) is 7.11 Å². The molecule has 19 heavy (non-hydrogen) atoms. The summed E-state index contributed by atoms with van der Waals surface area (Å²) in [7, 11) is 0.728. The summed E-state index contributed by atoms with van der Waals surface area (Å²) in [5, 5.41) is 0.533. The monoisotopic (exact) mass is 413 g/mol. The van der Waals surface area contributed by atoms with Gasteiger partial charge in [0.15, 0.2) is 0 Å². The van der Waals surface area contributed by atoms with Gasteiger partial charge in [-0.25, -0.2) is 0 Å². The lowest BCUT2D eigenvalue weighted by molar-refractivity contribution is 0.0768. The lowest BCUT2D eigenvalue weighted by Gasteiger charge is -2.27. The van der Waals surface area contributed by atoms with Crippen molar-refractivity contribution in [3.8, 4) is 5.75 Å². The Labute approximate surface area is 133 Å². The molecule has 0 radical (unpaired) electrons. The fourth-order valence-electron chi connectivity index (χ4n) is 1.88. The van der Waals surface area contributed by atoms with Crippen LogP contribution < -0.4 is 4.74 Å². The van der Waals surface area contributed by atoms with Crippen molar-refractivity contribution in [1.29, 1.82) is 0 Å². The molecule has 1 saturated heterocycles. The summed E-state index contributed by atoms with van der Waals surface area (Å²) in [6, 6.07) is 3.38. The standard InChI is InChI=1S/C12H13ClINO3S/c1-18-11-7-10(14)9(13)6-8(11)12(16)15-2-4-19(17)5-3-15/h6-7H,2-5H2,1H3. The molecule has 0 unspecified atom stereocenters. The smallest absolute Gasteiger partial charge is 0.257 e. The minimum atomic E-state index is -0.801. The van der Waals surface area contributed by atoms with E-state index in [9.17, 15) is 9.00 Å². The summed E-state index contributed by atoms with van der Waals surface area (Å²) in [6.45, 7) is 1.02. The van der Waals surface area contributed by atoms with E-state index in [1.54, 1.807) is 17.0 Å². The molecule has 0 aromatic heterocycles. The third kappa shape index (κ3) is 3.41. The van der Waals surface area contributed by atoms with Crippen LogP contribution in [0.15, 0.2) is 12.1 Å². The lowest BCUT2D eigenvalue weighted by Crippen LogP contribution is -2.41. The second kappa shape index (κ2) is 6.41. The number of ether oxygens (including phenoxy) is 1. The first kappa shape index (κ1) is 15.1. The van der Waals surface area contributed by atoms with Crippen molar-refractivity contribution in [2.75, 3.05) is 31.7 Å². The van der Waals surface area contributed by atoms with E-state index in [-0.39, 0.29) is 5.91 Å². The van der Waals surface area contributed by atoms with E-state index in [1.807, 2.05) is 0 Å². The number of carbonyl (C=O) groups is 1. The van der Waals surface area contributed by atoms with Gasteiger partial charge in [-0.3, -0.25) is 9.00 Å². The molecule has 1 aromatic carbocycles. The van der Waals surface area contributed by atoms with Crippen molar-refractivity contribution in [2.24, 2.45) is 0 Å². The molecule has 1 aliphatic heterocycles. The van der Waals surface area contributed by atoms with Crippen molar-refractivity contribution in [1.82, 2.24) is 4.90 Å². The quantitative estimate of drug-likeness (QED) is 0.698. The summed E-state index contributed by atoms with van der Waals surface area (Å²) in [4.78, 5) is 14.1. The zero-order valence-electron chi connectivity index (χ0n) is 10.3. The molecule has 0 bridgehead atoms. The molecule has 1 heterocycles. The van der Waals surface area contributed by atoms with Crippen molar-refractivity contribution in [3.63, 3.8) is 0 Å². The molecular weight excluding hydrogens is 401 g/mol. The van der Waals surface area contributed by atoms with Gasteiger partial charge in [-0.2, -0.15) is 0 Å². The molecule has 104 valence electrons. The van der Waals surface area contributed by atoms with E-state index in [2.05, 4.69) is 22.6 Å². The Bertz CT molecular complexity index is 528. The van der Waals surface area contributed by atoms with Crippen LogP contribution >= 0.6 is 34.2 Å². The number of methoxy groups -OCH3 is 1. The first-order valence-corrected chi connectivity index (χ1v) is 8.64. The number of hydrogen-bond donors (Lipinski definition) is 0. The number of hydrogen-bond acceptors (Lipinski definition) is 3. The zero-order chi connectivity index (χ0) is 14.0. The highest BCUT2D eigenvalue weighted by Gasteiger charge is 2.24. The van der Waals surface area contributed by atoms with Crippen LogP contribution in [0.4, 0.5) is 0 Å². The Hall–Kier alpha value is -0.340. The van der Waals surface area contributed by atoms with Crippen LogP contribution in [0.1, 0.15) is 10.4 Å². The summed E-state index contributed by atoms with van der Waals surface area (Å²) >= 11 is 8.16. The van der Waals surface area contributed by atoms with Crippen LogP contribution in [0.25, 0.3) is 0 Å². The maximum Gasteiger partial charge on any atom is 0.257 e. The highest BCUT2D eigenvalue weighted by Crippen LogP contribution is 2.29. The summed E-state index contributed by atoms with van der Waals surface area (Å²) in [5.41, 5.74) is 0.459. The first-order chi connectivity index (χ1) is 9.02. The van der Waals surface area contributed by atoms with Gasteiger partial charge in [0.25, 0.3) is 5.91 Å². The molecule has 0 atom stereocenters. The van der Waals surface area contributed by atoms with Crippen LogP contribution in [0.2, 0.25) is 5.02 Å². The van der Waals surface area contributed by atoms with E-state index in [4.69, 9.17) is 16.3 Å². The normalized spacial score (nSPS) is 16.5. The van der Waals surface area contributed by atoms with E-state index < -0.39 is 10.8 Å². The minimum Gasteiger partial charge on any atom is -0.496 e. The molecule has 0 saturated carbocycles. The number of halogens is 2. The van der Waals surface area contributed by atoms with Gasteiger partial charge in [-0.1, -0.05) is 11.6 Å². The predicted octanol–water partition coefficient (Wildman–Crippen LogP) is 2.16. The molecule has 4 nitrogen and oxygen atoms in total. The summed E-state index contributed by atoms with van der Waals surface area (Å²) in [5.74, 6) is 1.47. The van der Waals surface area contributed by atoms with Gasteiger partial charge in [-0.15, -0.1) is 0 Å². The first-order valence-electron chi connectivity index (χ1n) is 5.70. The molecule has 0 aliphatic carbocycles. The largest absolute Gasteiger partial charge is 0.496 e. The average molecular weight is 414 g/mol. The van der Waals surface area contributed by atoms with Gasteiger partial charge in [0.1, 0.15) is 5.75 Å². The molecule has 7 heteroatoms. The third-order valence-electron chi connectivity index (χ3n) is 2.94. The van der Waals surface area contributed by atoms with Crippen LogP contribution in [0, 0.1) is 3.57 Å². The van der Waals surface area contributed by atoms with Gasteiger partial charge >= 0.3 is 0 Å². The highest BCUT2D eigenvalue weighted by molar-refractivity contribution is 14.1. The maximum atomic E-state index is 12.4. The van der Waals surface area contributed by atoms with E-state index in [0.29, 0.717) is 40.9 Å². The van der Waals surface area contributed by atoms with Gasteiger partial charge < -0.3 is 9.64 Å². The van der Waals surface area contributed by atoms with Crippen LogP contribution in [-0.4, -0.2) is 46.7 Å². The van der Waals surface area contributed by atoms with Gasteiger partial charge in [0, 0.05) is 39.0 Å². The number of carbonyl (C=O) groups excluding carboxylic acids is 1. The average Bonchev–Trinajstić information content (AvgIpc) is 2.41. The third-order valence-corrected chi connectivity index (χ3v) is 5.74. The fraction of sp³-hybridized carbons (Fsp3) is 0.417. The Morgan fingerprint density at radius 2 is 2.05 bits per heavy atom. The van der Waals surface area contributed by atoms with E-state index >= 15 is 0 Å². The summed E-state index contributed by atoms with van der Waals surface area (Å²) < 4.78 is 17.4. The second-order valence-corrected chi connectivity index (χ2v) is 7.37. The van der Waals surface area contributed by atoms with Crippen molar-refractivity contribution < 1.29 is 13.7 Å². The number of benzene rings is 1. The van der Waals surface area contributed by atoms with E-state index in [0.717, 1.165) is 3.57 Å². The van der Waals surface area contributed by atoms with Crippen molar-refractivity contribution in [3.05, 3.63) is 26.3 Å². The van der Waals surface area contributed by atoms with Gasteiger partial charge in [0.05, 0.1) is 17.7 Å². The number of nitrogens with zero attached hydrogens (tertiary/aromatic N) is 1.